The van der Waals surface area contributed by atoms with Crippen molar-refractivity contribution in [3.8, 4) is 0 Å². The van der Waals surface area contributed by atoms with Crippen LogP contribution in [0.4, 0.5) is 10.1 Å². The Kier molecular flexibility index (Phi) is 4.92. The maximum Gasteiger partial charge on any atom is 0.227 e. The van der Waals surface area contributed by atoms with Crippen molar-refractivity contribution in [2.24, 2.45) is 0 Å². The number of amides is 1. The van der Waals surface area contributed by atoms with Crippen LogP contribution in [0.3, 0.4) is 0 Å². The number of carbonyl (C=O) groups is 1. The average molecular weight is 316 g/mol. The fraction of sp³-hybridized carbons (Fsp3) is 0.462. The zero-order valence-corrected chi connectivity index (χ0v) is 12.4. The molecule has 21 heavy (non-hydrogen) atoms. The summed E-state index contributed by atoms with van der Waals surface area (Å²) in [5.41, 5.74) is -0.147. The Bertz CT molecular complexity index is 627. The standard InChI is InChI=1S/C13H17FN2O4S/c1-21(18,19)10-2-3-11(14)12(7-10)16-13(17)6-9-8-15-4-5-20-9/h2-3,7,9,15H,4-6,8H2,1H3,(H,16,17). The summed E-state index contributed by atoms with van der Waals surface area (Å²) in [6.07, 6.45) is 0.836. The number of anilines is 1. The van der Waals surface area contributed by atoms with Crippen molar-refractivity contribution in [3.05, 3.63) is 24.0 Å². The summed E-state index contributed by atoms with van der Waals surface area (Å²) < 4.78 is 41.9. The molecular formula is C13H17FN2O4S. The molecule has 1 aliphatic rings. The Morgan fingerprint density at radius 3 is 2.90 bits per heavy atom. The molecule has 1 unspecified atom stereocenters. The molecule has 0 saturated carbocycles. The van der Waals surface area contributed by atoms with E-state index in [1.807, 2.05) is 0 Å². The van der Waals surface area contributed by atoms with E-state index in [-0.39, 0.29) is 23.1 Å². The molecule has 1 heterocycles. The Hall–Kier alpha value is -1.51. The summed E-state index contributed by atoms with van der Waals surface area (Å²) in [5.74, 6) is -1.10. The first-order valence-electron chi connectivity index (χ1n) is 6.48. The topological polar surface area (TPSA) is 84.5 Å². The third kappa shape index (κ3) is 4.48. The molecule has 1 aromatic carbocycles. The molecule has 1 fully saturated rings. The molecule has 0 spiro atoms. The first kappa shape index (κ1) is 15.9. The quantitative estimate of drug-likeness (QED) is 0.792. The third-order valence-electron chi connectivity index (χ3n) is 3.06. The van der Waals surface area contributed by atoms with Crippen LogP contribution in [-0.4, -0.2) is 46.4 Å². The van der Waals surface area contributed by atoms with Gasteiger partial charge in [-0.3, -0.25) is 4.79 Å². The van der Waals surface area contributed by atoms with Gasteiger partial charge in [-0.05, 0) is 18.2 Å². The van der Waals surface area contributed by atoms with E-state index < -0.39 is 21.6 Å². The highest BCUT2D eigenvalue weighted by Gasteiger charge is 2.19. The lowest BCUT2D eigenvalue weighted by Crippen LogP contribution is -2.40. The van der Waals surface area contributed by atoms with Gasteiger partial charge in [0.2, 0.25) is 5.91 Å². The minimum Gasteiger partial charge on any atom is -0.375 e. The Morgan fingerprint density at radius 1 is 1.52 bits per heavy atom. The minimum atomic E-state index is -3.46. The van der Waals surface area contributed by atoms with Crippen molar-refractivity contribution >= 4 is 21.4 Å². The van der Waals surface area contributed by atoms with Gasteiger partial charge in [-0.15, -0.1) is 0 Å². The molecule has 0 aromatic heterocycles. The molecule has 1 atom stereocenters. The van der Waals surface area contributed by atoms with Gasteiger partial charge in [-0.1, -0.05) is 0 Å². The number of carbonyl (C=O) groups excluding carboxylic acids is 1. The molecule has 2 rings (SSSR count). The number of morpholine rings is 1. The number of ether oxygens (including phenoxy) is 1. The number of rotatable bonds is 4. The van der Waals surface area contributed by atoms with Crippen LogP contribution >= 0.6 is 0 Å². The molecule has 2 N–H and O–H groups in total. The van der Waals surface area contributed by atoms with Crippen LogP contribution in [0, 0.1) is 5.82 Å². The van der Waals surface area contributed by atoms with Gasteiger partial charge in [0.1, 0.15) is 5.82 Å². The van der Waals surface area contributed by atoms with E-state index in [1.165, 1.54) is 0 Å². The molecule has 1 amide bonds. The molecule has 6 nitrogen and oxygen atoms in total. The van der Waals surface area contributed by atoms with Crippen LogP contribution in [0.1, 0.15) is 6.42 Å². The predicted octanol–water partition coefficient (Wildman–Crippen LogP) is 0.546. The van der Waals surface area contributed by atoms with Crippen molar-refractivity contribution in [1.82, 2.24) is 5.32 Å². The third-order valence-corrected chi connectivity index (χ3v) is 4.17. The molecule has 0 bridgehead atoms. The van der Waals surface area contributed by atoms with Gasteiger partial charge in [-0.2, -0.15) is 0 Å². The normalized spacial score (nSPS) is 19.2. The number of nitrogens with one attached hydrogen (secondary N) is 2. The van der Waals surface area contributed by atoms with Gasteiger partial charge in [0.05, 0.1) is 29.7 Å². The van der Waals surface area contributed by atoms with Crippen LogP contribution in [0.15, 0.2) is 23.1 Å². The molecule has 1 aliphatic heterocycles. The highest BCUT2D eigenvalue weighted by atomic mass is 32.2. The van der Waals surface area contributed by atoms with Crippen LogP contribution in [-0.2, 0) is 19.4 Å². The predicted molar refractivity (Wildman–Crippen MR) is 75.4 cm³/mol. The fourth-order valence-corrected chi connectivity index (χ4v) is 2.64. The molecule has 1 aromatic rings. The summed E-state index contributed by atoms with van der Waals surface area (Å²) in [4.78, 5) is 11.8. The zero-order valence-electron chi connectivity index (χ0n) is 11.6. The second kappa shape index (κ2) is 6.50. The smallest absolute Gasteiger partial charge is 0.227 e. The first-order valence-corrected chi connectivity index (χ1v) is 8.37. The Balaban J connectivity index is 2.06. The van der Waals surface area contributed by atoms with Gasteiger partial charge in [-0.25, -0.2) is 12.8 Å². The summed E-state index contributed by atoms with van der Waals surface area (Å²) >= 11 is 0. The first-order chi connectivity index (χ1) is 9.86. The van der Waals surface area contributed by atoms with Gasteiger partial charge in [0.25, 0.3) is 0 Å². The van der Waals surface area contributed by atoms with E-state index in [9.17, 15) is 17.6 Å². The summed E-state index contributed by atoms with van der Waals surface area (Å²) in [6, 6.07) is 3.29. The molecule has 116 valence electrons. The van der Waals surface area contributed by atoms with E-state index in [0.29, 0.717) is 13.2 Å². The number of halogens is 1. The number of hydrogen-bond donors (Lipinski definition) is 2. The largest absolute Gasteiger partial charge is 0.375 e. The van der Waals surface area contributed by atoms with E-state index in [0.717, 1.165) is 31.0 Å². The van der Waals surface area contributed by atoms with Crippen LogP contribution < -0.4 is 10.6 Å². The van der Waals surface area contributed by atoms with E-state index >= 15 is 0 Å². The highest BCUT2D eigenvalue weighted by Crippen LogP contribution is 2.20. The van der Waals surface area contributed by atoms with Gasteiger partial charge < -0.3 is 15.4 Å². The maximum absolute atomic E-state index is 13.6. The van der Waals surface area contributed by atoms with Crippen LogP contribution in [0.5, 0.6) is 0 Å². The number of hydrogen-bond acceptors (Lipinski definition) is 5. The lowest BCUT2D eigenvalue weighted by atomic mass is 10.2. The fourth-order valence-electron chi connectivity index (χ4n) is 1.99. The van der Waals surface area contributed by atoms with E-state index in [2.05, 4.69) is 10.6 Å². The number of sulfone groups is 1. The molecule has 0 radical (unpaired) electrons. The van der Waals surface area contributed by atoms with Crippen LogP contribution in [0.2, 0.25) is 0 Å². The summed E-state index contributed by atoms with van der Waals surface area (Å²) in [7, 11) is -3.46. The molecule has 8 heteroatoms. The molecule has 0 aliphatic carbocycles. The van der Waals surface area contributed by atoms with Crippen molar-refractivity contribution in [1.29, 1.82) is 0 Å². The monoisotopic (exact) mass is 316 g/mol. The van der Waals surface area contributed by atoms with Gasteiger partial charge in [0, 0.05) is 19.3 Å². The SMILES string of the molecule is CS(=O)(=O)c1ccc(F)c(NC(=O)CC2CNCCO2)c1. The Labute approximate surface area is 122 Å². The van der Waals surface area contributed by atoms with Crippen molar-refractivity contribution in [2.45, 2.75) is 17.4 Å². The van der Waals surface area contributed by atoms with Gasteiger partial charge >= 0.3 is 0 Å². The van der Waals surface area contributed by atoms with Crippen LogP contribution in [0.25, 0.3) is 0 Å². The van der Waals surface area contributed by atoms with Crippen molar-refractivity contribution < 1.29 is 22.3 Å². The van der Waals surface area contributed by atoms with Crippen molar-refractivity contribution in [2.75, 3.05) is 31.3 Å². The summed E-state index contributed by atoms with van der Waals surface area (Å²) in [6.45, 7) is 1.82. The second-order valence-electron chi connectivity index (χ2n) is 4.86. The zero-order chi connectivity index (χ0) is 15.5. The van der Waals surface area contributed by atoms with Gasteiger partial charge in [0.15, 0.2) is 9.84 Å². The van der Waals surface area contributed by atoms with E-state index in [4.69, 9.17) is 4.74 Å². The lowest BCUT2D eigenvalue weighted by Gasteiger charge is -2.23. The number of benzene rings is 1. The highest BCUT2D eigenvalue weighted by molar-refractivity contribution is 7.90. The van der Waals surface area contributed by atoms with E-state index in [1.54, 1.807) is 0 Å². The summed E-state index contributed by atoms with van der Waals surface area (Å²) in [5, 5.41) is 5.47. The lowest BCUT2D eigenvalue weighted by molar-refractivity contribution is -0.119. The Morgan fingerprint density at radius 2 is 2.29 bits per heavy atom. The maximum atomic E-state index is 13.6. The second-order valence-corrected chi connectivity index (χ2v) is 6.88. The minimum absolute atomic E-state index is 0.0465. The molecule has 1 saturated heterocycles. The van der Waals surface area contributed by atoms with Crippen molar-refractivity contribution in [3.63, 3.8) is 0 Å². The molecular weight excluding hydrogens is 299 g/mol. The average Bonchev–Trinajstić information content (AvgIpc) is 2.41.